The Kier molecular flexibility index (Phi) is 3.12. The van der Waals surface area contributed by atoms with Gasteiger partial charge in [0.15, 0.2) is 11.3 Å². The largest absolute Gasteiger partial charge is 0.448 e. The number of aromatic amines is 1. The maximum atomic E-state index is 12.5. The number of para-hydroxylation sites is 1. The molecule has 1 aromatic carbocycles. The van der Waals surface area contributed by atoms with Crippen molar-refractivity contribution >= 4 is 33.9 Å². The first-order valence-corrected chi connectivity index (χ1v) is 7.29. The van der Waals surface area contributed by atoms with Crippen molar-refractivity contribution in [2.45, 2.75) is 13.5 Å². The number of benzene rings is 1. The Labute approximate surface area is 134 Å². The monoisotopic (exact) mass is 324 g/mol. The number of H-pyrrole nitrogens is 1. The molecule has 1 amide bonds. The fourth-order valence-corrected chi connectivity index (χ4v) is 2.77. The summed E-state index contributed by atoms with van der Waals surface area (Å²) in [4.78, 5) is 24.8. The first-order valence-electron chi connectivity index (χ1n) is 7.29. The van der Waals surface area contributed by atoms with Gasteiger partial charge in [0.25, 0.3) is 5.91 Å². The van der Waals surface area contributed by atoms with Crippen LogP contribution in [0.3, 0.4) is 0 Å². The topological polar surface area (TPSA) is 119 Å². The number of rotatable bonds is 3. The summed E-state index contributed by atoms with van der Waals surface area (Å²) < 4.78 is 7.61. The summed E-state index contributed by atoms with van der Waals surface area (Å²) in [6, 6.07) is 8.69. The van der Waals surface area contributed by atoms with Gasteiger partial charge in [0.1, 0.15) is 5.52 Å². The molecule has 24 heavy (non-hydrogen) atoms. The van der Waals surface area contributed by atoms with Gasteiger partial charge in [-0.05, 0) is 29.5 Å². The van der Waals surface area contributed by atoms with Gasteiger partial charge in [-0.15, -0.1) is 0 Å². The predicted molar refractivity (Wildman–Crippen MR) is 85.8 cm³/mol. The number of nitrogens with one attached hydrogen (secondary N) is 2. The van der Waals surface area contributed by atoms with E-state index in [1.807, 2.05) is 35.8 Å². The van der Waals surface area contributed by atoms with Gasteiger partial charge in [-0.3, -0.25) is 14.9 Å². The van der Waals surface area contributed by atoms with E-state index in [4.69, 9.17) is 4.42 Å². The molecule has 0 fully saturated rings. The van der Waals surface area contributed by atoms with E-state index in [1.54, 1.807) is 0 Å². The Balaban J connectivity index is 1.92. The Morgan fingerprint density at radius 3 is 2.96 bits per heavy atom. The molecule has 3 heterocycles. The number of fused-ring (bicyclic) bond motifs is 3. The summed E-state index contributed by atoms with van der Waals surface area (Å²) in [5.74, 6) is -0.650. The van der Waals surface area contributed by atoms with Crippen LogP contribution in [-0.4, -0.2) is 31.1 Å². The number of tetrazole rings is 1. The van der Waals surface area contributed by atoms with Crippen molar-refractivity contribution in [3.63, 3.8) is 0 Å². The number of nitrogens with zero attached hydrogens (tertiary/aromatic N) is 4. The fourth-order valence-electron chi connectivity index (χ4n) is 2.77. The summed E-state index contributed by atoms with van der Waals surface area (Å²) >= 11 is 0. The average Bonchev–Trinajstić information content (AvgIpc) is 3.20. The molecule has 0 saturated carbocycles. The number of hydrogen-bond donors (Lipinski definition) is 2. The highest BCUT2D eigenvalue weighted by Gasteiger charge is 2.19. The number of aromatic nitrogens is 5. The van der Waals surface area contributed by atoms with Crippen LogP contribution in [0.4, 0.5) is 5.95 Å². The molecule has 9 heteroatoms. The van der Waals surface area contributed by atoms with E-state index < -0.39 is 5.91 Å². The minimum atomic E-state index is -0.610. The lowest BCUT2D eigenvalue weighted by Crippen LogP contribution is -2.16. The average molecular weight is 324 g/mol. The van der Waals surface area contributed by atoms with Crippen molar-refractivity contribution in [2.24, 2.45) is 0 Å². The smallest absolute Gasteiger partial charge is 0.293 e. The third kappa shape index (κ3) is 2.06. The Morgan fingerprint density at radius 2 is 2.21 bits per heavy atom. The SMILES string of the molecule is CCn1c2ccccc2c2oc(C(=O)Nc3nnn[nH]3)cc(=O)c21. The summed E-state index contributed by atoms with van der Waals surface area (Å²) in [7, 11) is 0. The molecular formula is C15H12N6O3. The van der Waals surface area contributed by atoms with E-state index in [9.17, 15) is 9.59 Å². The van der Waals surface area contributed by atoms with E-state index in [-0.39, 0.29) is 17.1 Å². The van der Waals surface area contributed by atoms with Crippen LogP contribution < -0.4 is 10.7 Å². The standard InChI is InChI=1S/C15H12N6O3/c1-2-21-9-6-4-3-5-8(9)13-12(21)10(22)7-11(24-13)14(23)16-15-17-19-20-18-15/h3-7H,2H2,1H3,(H2,16,17,18,19,20,23). The lowest BCUT2D eigenvalue weighted by atomic mass is 10.2. The molecule has 4 rings (SSSR count). The van der Waals surface area contributed by atoms with E-state index in [2.05, 4.69) is 25.9 Å². The van der Waals surface area contributed by atoms with Crippen molar-refractivity contribution in [1.29, 1.82) is 0 Å². The molecular weight excluding hydrogens is 312 g/mol. The number of carbonyl (C=O) groups excluding carboxylic acids is 1. The number of hydrogen-bond acceptors (Lipinski definition) is 6. The molecule has 2 N–H and O–H groups in total. The molecule has 0 unspecified atom stereocenters. The van der Waals surface area contributed by atoms with Crippen molar-refractivity contribution < 1.29 is 9.21 Å². The predicted octanol–water partition coefficient (Wildman–Crippen LogP) is 1.53. The van der Waals surface area contributed by atoms with Crippen LogP contribution in [0.1, 0.15) is 17.5 Å². The van der Waals surface area contributed by atoms with Gasteiger partial charge in [0.05, 0.1) is 5.52 Å². The van der Waals surface area contributed by atoms with E-state index >= 15 is 0 Å². The van der Waals surface area contributed by atoms with Gasteiger partial charge in [-0.25, -0.2) is 5.10 Å². The van der Waals surface area contributed by atoms with Crippen LogP contribution in [-0.2, 0) is 6.54 Å². The molecule has 0 aliphatic rings. The summed E-state index contributed by atoms with van der Waals surface area (Å²) in [5.41, 5.74) is 1.43. The first kappa shape index (κ1) is 14.1. The van der Waals surface area contributed by atoms with Gasteiger partial charge in [-0.2, -0.15) is 0 Å². The van der Waals surface area contributed by atoms with Gasteiger partial charge >= 0.3 is 0 Å². The summed E-state index contributed by atoms with van der Waals surface area (Å²) in [6.45, 7) is 2.56. The van der Waals surface area contributed by atoms with Crippen molar-refractivity contribution in [3.05, 3.63) is 46.3 Å². The number of amides is 1. The first-order chi connectivity index (χ1) is 11.7. The minimum Gasteiger partial charge on any atom is -0.448 e. The second-order valence-electron chi connectivity index (χ2n) is 5.12. The molecule has 9 nitrogen and oxygen atoms in total. The van der Waals surface area contributed by atoms with Crippen LogP contribution >= 0.6 is 0 Å². The number of carbonyl (C=O) groups is 1. The molecule has 0 atom stereocenters. The normalized spacial score (nSPS) is 11.2. The van der Waals surface area contributed by atoms with Crippen molar-refractivity contribution in [2.75, 3.05) is 5.32 Å². The van der Waals surface area contributed by atoms with Gasteiger partial charge in [0, 0.05) is 18.0 Å². The van der Waals surface area contributed by atoms with E-state index in [1.165, 1.54) is 6.07 Å². The van der Waals surface area contributed by atoms with Crippen LogP contribution in [0.2, 0.25) is 0 Å². The van der Waals surface area contributed by atoms with E-state index in [0.29, 0.717) is 17.6 Å². The lowest BCUT2D eigenvalue weighted by molar-refractivity contribution is 0.0996. The summed E-state index contributed by atoms with van der Waals surface area (Å²) in [6.07, 6.45) is 0. The highest BCUT2D eigenvalue weighted by atomic mass is 16.3. The van der Waals surface area contributed by atoms with Crippen LogP contribution in [0.5, 0.6) is 0 Å². The third-order valence-corrected chi connectivity index (χ3v) is 3.75. The minimum absolute atomic E-state index is 0.0683. The maximum absolute atomic E-state index is 12.5. The summed E-state index contributed by atoms with van der Waals surface area (Å²) in [5, 5.41) is 15.9. The quantitative estimate of drug-likeness (QED) is 0.590. The van der Waals surface area contributed by atoms with Crippen LogP contribution in [0.25, 0.3) is 22.0 Å². The molecule has 0 radical (unpaired) electrons. The second-order valence-corrected chi connectivity index (χ2v) is 5.12. The van der Waals surface area contributed by atoms with Crippen molar-refractivity contribution in [3.8, 4) is 0 Å². The molecule has 4 aromatic rings. The van der Waals surface area contributed by atoms with Crippen LogP contribution in [0.15, 0.2) is 39.5 Å². The maximum Gasteiger partial charge on any atom is 0.293 e. The van der Waals surface area contributed by atoms with Gasteiger partial charge in [-0.1, -0.05) is 17.2 Å². The molecule has 0 spiro atoms. The highest BCUT2D eigenvalue weighted by Crippen LogP contribution is 2.27. The Hall–Kier alpha value is -3.49. The zero-order chi connectivity index (χ0) is 16.7. The molecule has 0 saturated heterocycles. The molecule has 0 aliphatic heterocycles. The Morgan fingerprint density at radius 1 is 1.38 bits per heavy atom. The molecule has 3 aromatic heterocycles. The van der Waals surface area contributed by atoms with Gasteiger partial charge in [0.2, 0.25) is 11.4 Å². The molecule has 120 valence electrons. The third-order valence-electron chi connectivity index (χ3n) is 3.75. The second kappa shape index (κ2) is 5.30. The molecule has 0 bridgehead atoms. The van der Waals surface area contributed by atoms with Crippen molar-refractivity contribution in [1.82, 2.24) is 25.2 Å². The van der Waals surface area contributed by atoms with Crippen LogP contribution in [0, 0.1) is 0 Å². The van der Waals surface area contributed by atoms with E-state index in [0.717, 1.165) is 10.9 Å². The zero-order valence-corrected chi connectivity index (χ0v) is 12.6. The molecule has 0 aliphatic carbocycles. The zero-order valence-electron chi connectivity index (χ0n) is 12.6. The fraction of sp³-hybridized carbons (Fsp3) is 0.133. The number of aryl methyl sites for hydroxylation is 1. The lowest BCUT2D eigenvalue weighted by Gasteiger charge is -2.02. The van der Waals surface area contributed by atoms with Gasteiger partial charge < -0.3 is 8.98 Å². The Bertz CT molecular complexity index is 1110. The highest BCUT2D eigenvalue weighted by molar-refractivity contribution is 6.07. The number of anilines is 1.